The van der Waals surface area contributed by atoms with E-state index in [0.717, 1.165) is 70.6 Å². The summed E-state index contributed by atoms with van der Waals surface area (Å²) in [6.45, 7) is 6.70. The molecule has 6 heteroatoms. The van der Waals surface area contributed by atoms with Gasteiger partial charge in [0, 0.05) is 19.3 Å². The molecule has 0 aromatic heterocycles. The molecule has 0 aliphatic heterocycles. The Balaban J connectivity index is 4.09. The molecule has 1 atom stereocenters. The number of unbranched alkanes of at least 4 members (excludes halogenated alkanes) is 52. The average molecular weight is 1150 g/mol. The van der Waals surface area contributed by atoms with Gasteiger partial charge in [0.25, 0.3) is 0 Å². The Morgan fingerprint density at radius 1 is 0.244 bits per heavy atom. The highest BCUT2D eigenvalue weighted by Gasteiger charge is 2.20. The van der Waals surface area contributed by atoms with Crippen molar-refractivity contribution in [2.24, 2.45) is 0 Å². The highest BCUT2D eigenvalue weighted by atomic mass is 16.6. The smallest absolute Gasteiger partial charge is 0.306 e. The summed E-state index contributed by atoms with van der Waals surface area (Å²) >= 11 is 0. The largest absolute Gasteiger partial charge is 0.462 e. The number of hydrogen-bond acceptors (Lipinski definition) is 6. The van der Waals surface area contributed by atoms with Gasteiger partial charge in [-0.15, -0.1) is 0 Å². The second-order valence-corrected chi connectivity index (χ2v) is 25.2. The van der Waals surface area contributed by atoms with E-state index in [1.165, 1.54) is 302 Å². The highest BCUT2D eigenvalue weighted by molar-refractivity contribution is 5.71. The Morgan fingerprint density at radius 2 is 0.439 bits per heavy atom. The molecule has 0 heterocycles. The lowest BCUT2D eigenvalue weighted by Crippen LogP contribution is -2.30. The Hall–Kier alpha value is -2.37. The van der Waals surface area contributed by atoms with Crippen LogP contribution in [0.15, 0.2) is 36.5 Å². The summed E-state index contributed by atoms with van der Waals surface area (Å²) in [6.07, 6.45) is 89.1. The van der Waals surface area contributed by atoms with E-state index in [1.807, 2.05) is 0 Å². The molecule has 0 fully saturated rings. The van der Waals surface area contributed by atoms with E-state index < -0.39 is 6.10 Å². The zero-order valence-electron chi connectivity index (χ0n) is 55.5. The summed E-state index contributed by atoms with van der Waals surface area (Å²) in [4.78, 5) is 38.4. The number of hydrogen-bond donors (Lipinski definition) is 0. The summed E-state index contributed by atoms with van der Waals surface area (Å²) < 4.78 is 17.0. The molecule has 0 amide bonds. The lowest BCUT2D eigenvalue weighted by molar-refractivity contribution is -0.167. The van der Waals surface area contributed by atoms with Gasteiger partial charge in [0.1, 0.15) is 13.2 Å². The Labute approximate surface area is 512 Å². The van der Waals surface area contributed by atoms with Crippen LogP contribution in [0.3, 0.4) is 0 Å². The molecule has 0 rings (SSSR count). The van der Waals surface area contributed by atoms with Gasteiger partial charge in [-0.3, -0.25) is 14.4 Å². The number of allylic oxidation sites excluding steroid dienone is 6. The minimum atomic E-state index is -0.767. The van der Waals surface area contributed by atoms with Gasteiger partial charge in [0.05, 0.1) is 0 Å². The molecule has 0 spiro atoms. The molecule has 0 aliphatic rings. The number of rotatable bonds is 69. The predicted molar refractivity (Wildman–Crippen MR) is 358 cm³/mol. The number of esters is 3. The van der Waals surface area contributed by atoms with Gasteiger partial charge in [0.2, 0.25) is 0 Å². The van der Waals surface area contributed by atoms with Crippen LogP contribution in [0.2, 0.25) is 0 Å². The highest BCUT2D eigenvalue weighted by Crippen LogP contribution is 2.19. The van der Waals surface area contributed by atoms with Crippen molar-refractivity contribution in [2.75, 3.05) is 13.2 Å². The number of carbonyl (C=O) groups is 3. The van der Waals surface area contributed by atoms with Gasteiger partial charge in [-0.2, -0.15) is 0 Å². The van der Waals surface area contributed by atoms with Crippen LogP contribution in [-0.2, 0) is 28.6 Å². The lowest BCUT2D eigenvalue weighted by Gasteiger charge is -2.18. The van der Waals surface area contributed by atoms with Gasteiger partial charge in [-0.25, -0.2) is 0 Å². The van der Waals surface area contributed by atoms with Crippen molar-refractivity contribution < 1.29 is 28.6 Å². The zero-order chi connectivity index (χ0) is 59.2. The summed E-state index contributed by atoms with van der Waals surface area (Å²) in [5.74, 6) is -0.832. The molecule has 1 unspecified atom stereocenters. The molecule has 0 radical (unpaired) electrons. The second kappa shape index (κ2) is 71.1. The van der Waals surface area contributed by atoms with Gasteiger partial charge in [-0.1, -0.05) is 372 Å². The monoisotopic (exact) mass is 1150 g/mol. The minimum absolute atomic E-state index is 0.0642. The fraction of sp³-hybridized carbons (Fsp3) is 0.882. The number of ether oxygens (including phenoxy) is 3. The van der Waals surface area contributed by atoms with Crippen molar-refractivity contribution in [1.29, 1.82) is 0 Å². The summed E-state index contributed by atoms with van der Waals surface area (Å²) in [6, 6.07) is 0. The van der Waals surface area contributed by atoms with E-state index >= 15 is 0 Å². The van der Waals surface area contributed by atoms with Gasteiger partial charge in [-0.05, 0) is 57.8 Å². The first-order valence-electron chi connectivity index (χ1n) is 37.0. The van der Waals surface area contributed by atoms with Crippen LogP contribution >= 0.6 is 0 Å². The third-order valence-electron chi connectivity index (χ3n) is 16.9. The van der Waals surface area contributed by atoms with Crippen molar-refractivity contribution >= 4 is 17.9 Å². The first kappa shape index (κ1) is 79.6. The fourth-order valence-electron chi connectivity index (χ4n) is 11.3. The van der Waals surface area contributed by atoms with E-state index in [1.54, 1.807) is 0 Å². The maximum Gasteiger partial charge on any atom is 0.306 e. The molecule has 0 aliphatic carbocycles. The quantitative estimate of drug-likeness (QED) is 0.0261. The van der Waals surface area contributed by atoms with Crippen LogP contribution in [0.1, 0.15) is 412 Å². The summed E-state index contributed by atoms with van der Waals surface area (Å²) in [5.41, 5.74) is 0. The Kier molecular flexibility index (Phi) is 69.1. The van der Waals surface area contributed by atoms with E-state index in [-0.39, 0.29) is 31.1 Å². The Bertz CT molecular complexity index is 1370. The molecule has 0 bridgehead atoms. The standard InChI is InChI=1S/C76H142O6/c1-4-7-10-13-16-19-22-24-26-28-30-32-33-34-35-36-37-38-39-40-41-42-43-44-46-47-49-51-54-57-60-63-66-69-75(78)81-72-73(71-80-74(77)68-65-62-59-56-53-21-18-15-12-9-6-3)82-76(79)70-67-64-61-58-55-52-50-48-45-31-29-27-25-23-20-17-14-11-8-5-2/h22,24,28,30,33-34,73H,4-21,23,25-27,29,31-32,35-72H2,1-3H3/b24-22-,30-28-,34-33-. The summed E-state index contributed by atoms with van der Waals surface area (Å²) in [7, 11) is 0. The van der Waals surface area contributed by atoms with Crippen molar-refractivity contribution in [1.82, 2.24) is 0 Å². The van der Waals surface area contributed by atoms with E-state index in [0.29, 0.717) is 19.3 Å². The molecule has 0 aromatic rings. The van der Waals surface area contributed by atoms with Crippen molar-refractivity contribution in [3.8, 4) is 0 Å². The van der Waals surface area contributed by atoms with Gasteiger partial charge < -0.3 is 14.2 Å². The predicted octanol–water partition coefficient (Wildman–Crippen LogP) is 25.5. The minimum Gasteiger partial charge on any atom is -0.462 e. The second-order valence-electron chi connectivity index (χ2n) is 25.2. The zero-order valence-corrected chi connectivity index (χ0v) is 55.5. The third-order valence-corrected chi connectivity index (χ3v) is 16.9. The first-order chi connectivity index (χ1) is 40.5. The third kappa shape index (κ3) is 68.4. The Morgan fingerprint density at radius 3 is 0.683 bits per heavy atom. The maximum absolute atomic E-state index is 12.9. The van der Waals surface area contributed by atoms with E-state index in [9.17, 15) is 14.4 Å². The van der Waals surface area contributed by atoms with E-state index in [2.05, 4.69) is 57.2 Å². The molecule has 0 aromatic carbocycles. The molecular formula is C76H142O6. The molecular weight excluding hydrogens is 1010 g/mol. The van der Waals surface area contributed by atoms with Crippen LogP contribution in [0.4, 0.5) is 0 Å². The van der Waals surface area contributed by atoms with Crippen LogP contribution in [-0.4, -0.2) is 37.2 Å². The summed E-state index contributed by atoms with van der Waals surface area (Å²) in [5, 5.41) is 0. The number of carbonyl (C=O) groups excluding carboxylic acids is 3. The van der Waals surface area contributed by atoms with Crippen LogP contribution in [0.5, 0.6) is 0 Å². The maximum atomic E-state index is 12.9. The van der Waals surface area contributed by atoms with Crippen LogP contribution in [0, 0.1) is 0 Å². The first-order valence-corrected chi connectivity index (χ1v) is 37.0. The van der Waals surface area contributed by atoms with E-state index in [4.69, 9.17) is 14.2 Å². The van der Waals surface area contributed by atoms with Crippen molar-refractivity contribution in [3.63, 3.8) is 0 Å². The van der Waals surface area contributed by atoms with Gasteiger partial charge in [0.15, 0.2) is 6.10 Å². The molecule has 482 valence electrons. The lowest BCUT2D eigenvalue weighted by atomic mass is 10.0. The SMILES string of the molecule is CCCCCCC/C=C\C/C=C\C/C=C\CCCCCCCCCCCCCCCCCCCCC(=O)OCC(COC(=O)CCCCCCCCCCCCC)OC(=O)CCCCCCCCCCCCCCCCCCCCCC. The van der Waals surface area contributed by atoms with Crippen molar-refractivity contribution in [3.05, 3.63) is 36.5 Å². The van der Waals surface area contributed by atoms with Crippen LogP contribution < -0.4 is 0 Å². The molecule has 0 N–H and O–H groups in total. The average Bonchev–Trinajstić information content (AvgIpc) is 3.47. The molecule has 0 saturated heterocycles. The van der Waals surface area contributed by atoms with Crippen molar-refractivity contribution in [2.45, 2.75) is 419 Å². The molecule has 0 saturated carbocycles. The van der Waals surface area contributed by atoms with Crippen LogP contribution in [0.25, 0.3) is 0 Å². The normalized spacial score (nSPS) is 12.2. The topological polar surface area (TPSA) is 78.9 Å². The van der Waals surface area contributed by atoms with Gasteiger partial charge >= 0.3 is 17.9 Å². The molecule has 82 heavy (non-hydrogen) atoms. The molecule has 6 nitrogen and oxygen atoms in total. The fourth-order valence-corrected chi connectivity index (χ4v) is 11.3.